The van der Waals surface area contributed by atoms with Crippen molar-refractivity contribution in [3.05, 3.63) is 71.8 Å². The Morgan fingerprint density at radius 3 is 1.29 bits per heavy atom. The third kappa shape index (κ3) is 23.1. The van der Waals surface area contributed by atoms with Gasteiger partial charge in [-0.05, 0) is 55.1 Å². The number of carbonyl (C=O) groups excluding carboxylic acids is 8. The van der Waals surface area contributed by atoms with E-state index in [-0.39, 0.29) is 31.6 Å². The Hall–Kier alpha value is -8.00. The van der Waals surface area contributed by atoms with Gasteiger partial charge in [0.1, 0.15) is 48.3 Å². The molecule has 0 aromatic heterocycles. The minimum atomic E-state index is -2.11. The van der Waals surface area contributed by atoms with E-state index in [2.05, 4.69) is 42.5 Å². The maximum absolute atomic E-state index is 14.1. The van der Waals surface area contributed by atoms with Crippen molar-refractivity contribution < 1.29 is 83.1 Å². The van der Waals surface area contributed by atoms with Crippen molar-refractivity contribution in [2.45, 2.75) is 160 Å². The molecule has 0 bridgehead atoms. The number of carbonyl (C=O) groups is 12. The lowest BCUT2D eigenvalue weighted by Gasteiger charge is -2.30. The summed E-state index contributed by atoms with van der Waals surface area (Å²) in [6.07, 6.45) is -5.34. The summed E-state index contributed by atoms with van der Waals surface area (Å²) >= 11 is 0. The fraction of sp³-hybridized carbons (Fsp3) is 0.538. The molecular weight excluding hydrogens is 1020 g/mol. The van der Waals surface area contributed by atoms with Gasteiger partial charge in [0, 0.05) is 12.8 Å². The molecule has 26 nitrogen and oxygen atoms in total. The number of nitrogens with two attached hydrogens (primary N) is 1. The number of aliphatic carboxylic acids is 4. The Labute approximate surface area is 451 Å². The van der Waals surface area contributed by atoms with Crippen molar-refractivity contribution in [1.82, 2.24) is 42.5 Å². The van der Waals surface area contributed by atoms with Crippen LogP contribution in [0, 0.1) is 17.8 Å². The van der Waals surface area contributed by atoms with Crippen LogP contribution < -0.4 is 48.3 Å². The monoisotopic (exact) mass is 1100 g/mol. The second-order valence-electron chi connectivity index (χ2n) is 19.7. The molecule has 15 N–H and O–H groups in total. The summed E-state index contributed by atoms with van der Waals surface area (Å²) < 4.78 is 0. The molecular formula is C52H75N9O17. The van der Waals surface area contributed by atoms with E-state index in [9.17, 15) is 83.1 Å². The van der Waals surface area contributed by atoms with Crippen molar-refractivity contribution >= 4 is 71.1 Å². The van der Waals surface area contributed by atoms with E-state index >= 15 is 0 Å². The highest BCUT2D eigenvalue weighted by Crippen LogP contribution is 2.14. The molecule has 430 valence electrons. The molecule has 0 saturated carbocycles. The summed E-state index contributed by atoms with van der Waals surface area (Å²) in [5, 5.41) is 68.2. The first-order valence-electron chi connectivity index (χ1n) is 25.4. The standard InChI is InChI=1S/C52H75N9O17/c1-8-28(6)42(50(75)61-43(29(7)62)51(76)58-35(23-31-17-13-10-14-18-31)49(74)59-41(27(4)5)52(77)78)60-45(70)33(19-20-38(63)64)54-47(72)36(24-39(65)66)57-48(73)37(25-40(67)68)56-46(71)34(21-26(2)3)55-44(69)32(53)22-30-15-11-9-12-16-30/h9-18,26-29,32-37,41-43,62H,8,19-25,53H2,1-7H3,(H,54,72)(H,55,69)(H,56,71)(H,57,73)(H,58,76)(H,59,74)(H,60,70)(H,61,75)(H,63,64)(H,65,66)(H,67,68)(H,77,78)/t28-,29+,32-,33-,34-,35-,36-,37-,41-,42-,43-/m0/s1. The molecule has 0 radical (unpaired) electrons. The summed E-state index contributed by atoms with van der Waals surface area (Å²) in [7, 11) is 0. The van der Waals surface area contributed by atoms with Crippen molar-refractivity contribution in [3.8, 4) is 0 Å². The fourth-order valence-corrected chi connectivity index (χ4v) is 7.76. The van der Waals surface area contributed by atoms with Crippen LogP contribution in [0.4, 0.5) is 0 Å². The Kier molecular flexibility index (Phi) is 27.6. The van der Waals surface area contributed by atoms with Crippen molar-refractivity contribution in [3.63, 3.8) is 0 Å². The second-order valence-corrected chi connectivity index (χ2v) is 19.7. The van der Waals surface area contributed by atoms with E-state index in [1.54, 1.807) is 95.3 Å². The zero-order valence-electron chi connectivity index (χ0n) is 44.6. The highest BCUT2D eigenvalue weighted by Gasteiger charge is 2.38. The Bertz CT molecular complexity index is 2410. The summed E-state index contributed by atoms with van der Waals surface area (Å²) in [5.41, 5.74) is 7.39. The molecule has 0 fully saturated rings. The molecule has 0 aliphatic heterocycles. The van der Waals surface area contributed by atoms with E-state index in [0.29, 0.717) is 5.56 Å². The van der Waals surface area contributed by atoms with Crippen LogP contribution in [0.1, 0.15) is 98.1 Å². The predicted octanol–water partition coefficient (Wildman–Crippen LogP) is -1.29. The van der Waals surface area contributed by atoms with Crippen molar-refractivity contribution in [2.24, 2.45) is 23.5 Å². The molecule has 0 spiro atoms. The lowest BCUT2D eigenvalue weighted by atomic mass is 9.96. The minimum absolute atomic E-state index is 0.0107. The van der Waals surface area contributed by atoms with Gasteiger partial charge in [-0.25, -0.2) is 4.79 Å². The number of amides is 8. The average Bonchev–Trinajstić information content (AvgIpc) is 3.35. The number of rotatable bonds is 34. The number of nitrogens with one attached hydrogen (secondary N) is 8. The predicted molar refractivity (Wildman–Crippen MR) is 278 cm³/mol. The topological polar surface area (TPSA) is 428 Å². The molecule has 8 amide bonds. The maximum Gasteiger partial charge on any atom is 0.326 e. The number of aliphatic hydroxyl groups is 1. The van der Waals surface area contributed by atoms with Crippen LogP contribution in [-0.4, -0.2) is 157 Å². The van der Waals surface area contributed by atoms with Crippen LogP contribution in [0.2, 0.25) is 0 Å². The normalized spacial score (nSPS) is 15.4. The van der Waals surface area contributed by atoms with E-state index in [1.165, 1.54) is 6.92 Å². The molecule has 2 aromatic carbocycles. The largest absolute Gasteiger partial charge is 0.481 e. The molecule has 0 heterocycles. The molecule has 0 unspecified atom stereocenters. The van der Waals surface area contributed by atoms with Crippen LogP contribution in [0.25, 0.3) is 0 Å². The number of carboxylic acids is 4. The average molecular weight is 1100 g/mol. The first kappa shape index (κ1) is 66.1. The summed E-state index contributed by atoms with van der Waals surface area (Å²) in [6, 6.07) is 2.39. The molecule has 2 rings (SSSR count). The van der Waals surface area contributed by atoms with Gasteiger partial charge in [0.2, 0.25) is 47.3 Å². The van der Waals surface area contributed by atoms with Crippen LogP contribution in [0.3, 0.4) is 0 Å². The first-order valence-corrected chi connectivity index (χ1v) is 25.4. The third-order valence-electron chi connectivity index (χ3n) is 12.3. The Morgan fingerprint density at radius 1 is 0.462 bits per heavy atom. The maximum atomic E-state index is 14.1. The van der Waals surface area contributed by atoms with E-state index in [4.69, 9.17) is 5.73 Å². The molecule has 11 atom stereocenters. The molecule has 26 heteroatoms. The van der Waals surface area contributed by atoms with E-state index < -0.39 is 169 Å². The number of benzene rings is 2. The number of aliphatic hydroxyl groups excluding tert-OH is 1. The number of hydrogen-bond donors (Lipinski definition) is 14. The summed E-state index contributed by atoms with van der Waals surface area (Å²) in [6.45, 7) is 10.8. The number of hydrogen-bond acceptors (Lipinski definition) is 14. The van der Waals surface area contributed by atoms with Crippen LogP contribution in [-0.2, 0) is 70.4 Å². The SMILES string of the molecule is CC[C@H](C)[C@H](NC(=O)[C@H](CCC(=O)O)NC(=O)[C@H](CC(=O)O)NC(=O)[C@H](CC(=O)O)NC(=O)[C@H](CC(C)C)NC(=O)[C@@H](N)Cc1ccccc1)C(=O)N[C@H](C(=O)N[C@@H](Cc1ccccc1)C(=O)N[C@H](C(=O)O)C(C)C)[C@@H](C)O. The first-order chi connectivity index (χ1) is 36.5. The van der Waals surface area contributed by atoms with Crippen LogP contribution >= 0.6 is 0 Å². The highest BCUT2D eigenvalue weighted by molar-refractivity contribution is 5.99. The molecule has 0 aliphatic carbocycles. The molecule has 0 aliphatic rings. The van der Waals surface area contributed by atoms with Gasteiger partial charge in [0.25, 0.3) is 0 Å². The number of carboxylic acid groups (broad SMARTS) is 4. The van der Waals surface area contributed by atoms with Gasteiger partial charge in [0.05, 0.1) is 25.0 Å². The van der Waals surface area contributed by atoms with Crippen LogP contribution in [0.15, 0.2) is 60.7 Å². The molecule has 78 heavy (non-hydrogen) atoms. The lowest BCUT2D eigenvalue weighted by molar-refractivity contribution is -0.144. The summed E-state index contributed by atoms with van der Waals surface area (Å²) in [4.78, 5) is 158. The van der Waals surface area contributed by atoms with Crippen molar-refractivity contribution in [1.29, 1.82) is 0 Å². The Morgan fingerprint density at radius 2 is 0.859 bits per heavy atom. The second kappa shape index (κ2) is 32.6. The van der Waals surface area contributed by atoms with E-state index in [1.807, 2.05) is 0 Å². The van der Waals surface area contributed by atoms with Gasteiger partial charge in [-0.15, -0.1) is 0 Å². The smallest absolute Gasteiger partial charge is 0.326 e. The van der Waals surface area contributed by atoms with Crippen molar-refractivity contribution in [2.75, 3.05) is 0 Å². The summed E-state index contributed by atoms with van der Waals surface area (Å²) in [5.74, 6) is -16.5. The van der Waals surface area contributed by atoms with Gasteiger partial charge in [0.15, 0.2) is 0 Å². The zero-order valence-corrected chi connectivity index (χ0v) is 44.6. The van der Waals surface area contributed by atoms with Gasteiger partial charge in [-0.2, -0.15) is 0 Å². The quantitative estimate of drug-likeness (QED) is 0.0387. The minimum Gasteiger partial charge on any atom is -0.481 e. The van der Waals surface area contributed by atoms with Gasteiger partial charge in [-0.1, -0.05) is 109 Å². The Balaban J connectivity index is 2.41. The van der Waals surface area contributed by atoms with Gasteiger partial charge < -0.3 is 73.8 Å². The molecule has 2 aromatic rings. The van der Waals surface area contributed by atoms with E-state index in [0.717, 1.165) is 12.5 Å². The van der Waals surface area contributed by atoms with Gasteiger partial charge in [-0.3, -0.25) is 52.7 Å². The molecule has 0 saturated heterocycles. The van der Waals surface area contributed by atoms with Gasteiger partial charge >= 0.3 is 23.9 Å². The lowest BCUT2D eigenvalue weighted by Crippen LogP contribution is -2.63. The van der Waals surface area contributed by atoms with Crippen LogP contribution in [0.5, 0.6) is 0 Å². The zero-order chi connectivity index (χ0) is 59.0. The highest BCUT2D eigenvalue weighted by atomic mass is 16.4. The third-order valence-corrected chi connectivity index (χ3v) is 12.3. The fourth-order valence-electron chi connectivity index (χ4n) is 7.76.